The monoisotopic (exact) mass is 286 g/mol. The summed E-state index contributed by atoms with van der Waals surface area (Å²) in [5.41, 5.74) is 2.78. The van der Waals surface area contributed by atoms with E-state index in [0.717, 1.165) is 22.6 Å². The van der Waals surface area contributed by atoms with Crippen molar-refractivity contribution in [2.45, 2.75) is 13.5 Å². The molecule has 0 saturated heterocycles. The third kappa shape index (κ3) is 2.73. The van der Waals surface area contributed by atoms with Crippen molar-refractivity contribution in [3.8, 4) is 11.4 Å². The minimum Gasteiger partial charge on any atom is -0.325 e. The number of rotatable bonds is 3. The van der Waals surface area contributed by atoms with E-state index < -0.39 is 0 Å². The van der Waals surface area contributed by atoms with E-state index >= 15 is 0 Å². The summed E-state index contributed by atoms with van der Waals surface area (Å²) in [6, 6.07) is 15.3. The van der Waals surface area contributed by atoms with Crippen molar-refractivity contribution in [1.29, 1.82) is 0 Å². The van der Waals surface area contributed by atoms with Gasteiger partial charge in [0.2, 0.25) is 0 Å². The SMILES string of the molecule is Cc1cc2cccn(CC(=O)c3ccccc3)c-2n1.Cl. The minimum absolute atomic E-state index is 0. The summed E-state index contributed by atoms with van der Waals surface area (Å²) in [4.78, 5) is 16.7. The largest absolute Gasteiger partial charge is 0.325 e. The smallest absolute Gasteiger partial charge is 0.182 e. The zero-order chi connectivity index (χ0) is 13.2. The van der Waals surface area contributed by atoms with Crippen LogP contribution >= 0.6 is 12.4 Å². The maximum Gasteiger partial charge on any atom is 0.182 e. The van der Waals surface area contributed by atoms with Crippen molar-refractivity contribution in [1.82, 2.24) is 9.55 Å². The van der Waals surface area contributed by atoms with Crippen molar-refractivity contribution in [2.24, 2.45) is 0 Å². The molecule has 0 spiro atoms. The van der Waals surface area contributed by atoms with Gasteiger partial charge in [-0.05, 0) is 25.1 Å². The Bertz CT molecular complexity index is 691. The lowest BCUT2D eigenvalue weighted by Crippen LogP contribution is -2.12. The van der Waals surface area contributed by atoms with Gasteiger partial charge in [0, 0.05) is 23.0 Å². The van der Waals surface area contributed by atoms with Gasteiger partial charge < -0.3 is 4.57 Å². The summed E-state index contributed by atoms with van der Waals surface area (Å²) in [6.45, 7) is 2.28. The van der Waals surface area contributed by atoms with Crippen LogP contribution in [0.15, 0.2) is 54.7 Å². The number of carbonyl (C=O) groups is 1. The van der Waals surface area contributed by atoms with Crippen molar-refractivity contribution in [2.75, 3.05) is 0 Å². The van der Waals surface area contributed by atoms with Gasteiger partial charge in [-0.25, -0.2) is 4.98 Å². The Morgan fingerprint density at radius 1 is 1.15 bits per heavy atom. The quantitative estimate of drug-likeness (QED) is 0.690. The van der Waals surface area contributed by atoms with Crippen LogP contribution in [0.25, 0.3) is 11.4 Å². The first kappa shape index (κ1) is 14.3. The van der Waals surface area contributed by atoms with E-state index in [-0.39, 0.29) is 18.2 Å². The topological polar surface area (TPSA) is 34.9 Å². The number of halogens is 1. The lowest BCUT2D eigenvalue weighted by atomic mass is 10.1. The first-order valence-electron chi connectivity index (χ1n) is 6.25. The normalized spacial score (nSPS) is 10.2. The molecule has 2 aliphatic heterocycles. The van der Waals surface area contributed by atoms with Gasteiger partial charge >= 0.3 is 0 Å². The van der Waals surface area contributed by atoms with Crippen molar-refractivity contribution in [3.63, 3.8) is 0 Å². The lowest BCUT2D eigenvalue weighted by Gasteiger charge is -2.10. The average Bonchev–Trinajstić information content (AvgIpc) is 2.81. The molecule has 0 fully saturated rings. The van der Waals surface area contributed by atoms with Gasteiger partial charge in [0.1, 0.15) is 5.82 Å². The first-order chi connectivity index (χ1) is 9.24. The molecule has 0 saturated carbocycles. The van der Waals surface area contributed by atoms with Crippen LogP contribution < -0.4 is 0 Å². The zero-order valence-electron chi connectivity index (χ0n) is 11.1. The van der Waals surface area contributed by atoms with Gasteiger partial charge in [0.15, 0.2) is 5.78 Å². The molecule has 2 heterocycles. The predicted octanol–water partition coefficient (Wildman–Crippen LogP) is 3.60. The third-order valence-electron chi connectivity index (χ3n) is 3.13. The van der Waals surface area contributed by atoms with Gasteiger partial charge in [-0.3, -0.25) is 4.79 Å². The average molecular weight is 287 g/mol. The van der Waals surface area contributed by atoms with E-state index in [4.69, 9.17) is 0 Å². The maximum absolute atomic E-state index is 12.2. The first-order valence-corrected chi connectivity index (χ1v) is 6.25. The van der Waals surface area contributed by atoms with Crippen LogP contribution in [0, 0.1) is 6.92 Å². The molecule has 0 amide bonds. The highest BCUT2D eigenvalue weighted by Gasteiger charge is 2.13. The van der Waals surface area contributed by atoms with E-state index in [0.29, 0.717) is 6.54 Å². The highest BCUT2D eigenvalue weighted by molar-refractivity contribution is 5.96. The van der Waals surface area contributed by atoms with E-state index in [2.05, 4.69) is 4.98 Å². The van der Waals surface area contributed by atoms with Crippen LogP contribution in [0.5, 0.6) is 0 Å². The van der Waals surface area contributed by atoms with Crippen LogP contribution in [-0.2, 0) is 6.54 Å². The number of fused-ring (bicyclic) bond motifs is 1. The molecule has 3 nitrogen and oxygen atoms in total. The fraction of sp³-hybridized carbons (Fsp3) is 0.125. The molecule has 20 heavy (non-hydrogen) atoms. The summed E-state index contributed by atoms with van der Waals surface area (Å²) in [5, 5.41) is 0. The van der Waals surface area contributed by atoms with Gasteiger partial charge in [-0.2, -0.15) is 0 Å². The fourth-order valence-electron chi connectivity index (χ4n) is 2.22. The Morgan fingerprint density at radius 3 is 2.65 bits per heavy atom. The molecule has 4 heteroatoms. The number of benzene rings is 1. The van der Waals surface area contributed by atoms with Gasteiger partial charge in [-0.1, -0.05) is 30.3 Å². The summed E-state index contributed by atoms with van der Waals surface area (Å²) in [5.74, 6) is 0.961. The maximum atomic E-state index is 12.2. The number of hydrogen-bond donors (Lipinski definition) is 0. The van der Waals surface area contributed by atoms with Crippen LogP contribution in [0.3, 0.4) is 0 Å². The standard InChI is InChI=1S/C16H14N2O.ClH/c1-12-10-14-8-5-9-18(16(14)17-12)11-15(19)13-6-3-2-4-7-13;/h2-10H,11H2,1H3;1H. The van der Waals surface area contributed by atoms with E-state index in [9.17, 15) is 4.79 Å². The highest BCUT2D eigenvalue weighted by atomic mass is 35.5. The van der Waals surface area contributed by atoms with E-state index in [1.807, 2.05) is 66.2 Å². The van der Waals surface area contributed by atoms with Crippen molar-refractivity contribution in [3.05, 3.63) is 66.0 Å². The second kappa shape index (κ2) is 5.88. The molecule has 1 aromatic rings. The third-order valence-corrected chi connectivity index (χ3v) is 3.13. The van der Waals surface area contributed by atoms with Crippen LogP contribution in [0.4, 0.5) is 0 Å². The number of aromatic nitrogens is 2. The molecular weight excluding hydrogens is 272 g/mol. The Morgan fingerprint density at radius 2 is 1.90 bits per heavy atom. The van der Waals surface area contributed by atoms with Crippen LogP contribution in [0.2, 0.25) is 0 Å². The molecule has 0 aliphatic carbocycles. The predicted molar refractivity (Wildman–Crippen MR) is 81.6 cm³/mol. The molecule has 0 N–H and O–H groups in total. The number of hydrogen-bond acceptors (Lipinski definition) is 2. The Hall–Kier alpha value is -2.13. The van der Waals surface area contributed by atoms with Gasteiger partial charge in [-0.15, -0.1) is 12.4 Å². The second-order valence-electron chi connectivity index (χ2n) is 4.60. The molecule has 102 valence electrons. The Kier molecular flexibility index (Phi) is 4.20. The van der Waals surface area contributed by atoms with Crippen molar-refractivity contribution >= 4 is 18.2 Å². The van der Waals surface area contributed by atoms with Gasteiger partial charge in [0.05, 0.1) is 6.54 Å². The second-order valence-corrected chi connectivity index (χ2v) is 4.60. The Labute approximate surface area is 124 Å². The molecule has 0 radical (unpaired) electrons. The Balaban J connectivity index is 0.00000147. The van der Waals surface area contributed by atoms with Crippen LogP contribution in [0.1, 0.15) is 16.1 Å². The van der Waals surface area contributed by atoms with E-state index in [1.165, 1.54) is 0 Å². The van der Waals surface area contributed by atoms with E-state index in [1.54, 1.807) is 0 Å². The molecule has 0 bridgehead atoms. The molecule has 0 aromatic heterocycles. The number of aryl methyl sites for hydroxylation is 1. The molecule has 1 aromatic carbocycles. The molecule has 2 aliphatic rings. The molecule has 0 atom stereocenters. The summed E-state index contributed by atoms with van der Waals surface area (Å²) in [7, 11) is 0. The fourth-order valence-corrected chi connectivity index (χ4v) is 2.22. The lowest BCUT2D eigenvalue weighted by molar-refractivity contribution is 0.0972. The number of ketones is 1. The van der Waals surface area contributed by atoms with Gasteiger partial charge in [0.25, 0.3) is 0 Å². The summed E-state index contributed by atoms with van der Waals surface area (Å²) < 4.78 is 1.90. The molecule has 3 rings (SSSR count). The minimum atomic E-state index is 0. The van der Waals surface area contributed by atoms with Crippen molar-refractivity contribution < 1.29 is 4.79 Å². The summed E-state index contributed by atoms with van der Waals surface area (Å²) >= 11 is 0. The summed E-state index contributed by atoms with van der Waals surface area (Å²) in [6.07, 6.45) is 1.90. The molecule has 0 unspecified atom stereocenters. The number of nitrogens with zero attached hydrogens (tertiary/aromatic N) is 2. The number of carbonyl (C=O) groups excluding carboxylic acids is 1. The zero-order valence-corrected chi connectivity index (χ0v) is 11.9. The number of Topliss-reactive ketones (excluding diaryl/α,β-unsaturated/α-hetero) is 1. The van der Waals surface area contributed by atoms with Crippen LogP contribution in [-0.4, -0.2) is 15.3 Å². The number of pyridine rings is 1. The molecular formula is C16H15ClN2O. The highest BCUT2D eigenvalue weighted by Crippen LogP contribution is 2.22.